The molecule has 182 valence electrons. The van der Waals surface area contributed by atoms with E-state index in [0.29, 0.717) is 25.9 Å². The number of nitrogens with two attached hydrogens (primary N) is 2. The second-order valence-corrected chi connectivity index (χ2v) is 10.7. The minimum Gasteiger partial charge on any atom is -0.391 e. The van der Waals surface area contributed by atoms with Crippen LogP contribution < -0.4 is 22.3 Å². The normalized spacial score (nSPS) is 14.6. The van der Waals surface area contributed by atoms with E-state index in [-0.39, 0.29) is 25.3 Å². The van der Waals surface area contributed by atoms with Gasteiger partial charge in [0.1, 0.15) is 0 Å². The number of amides is 2. The summed E-state index contributed by atoms with van der Waals surface area (Å²) in [5.41, 5.74) is 2.10. The average molecular weight is 467 g/mol. The molecule has 1 heterocycles. The number of aliphatic hydroxyl groups is 1. The molecular formula is C24H43N4O3P. The van der Waals surface area contributed by atoms with E-state index in [1.165, 1.54) is 5.30 Å². The van der Waals surface area contributed by atoms with Gasteiger partial charge < -0.3 is 15.3 Å². The van der Waals surface area contributed by atoms with Gasteiger partial charge in [-0.05, 0) is 48.2 Å². The fraction of sp³-hybridized carbons (Fsp3) is 0.583. The first-order valence-electron chi connectivity index (χ1n) is 10.8. The number of hydrogen-bond acceptors (Lipinski definition) is 5. The number of β-amino-alcohol motifs (C(OH)–C–C–N with tert-alkyl or cyclic N) is 1. The summed E-state index contributed by atoms with van der Waals surface area (Å²) in [4.78, 5) is 23.6. The molecular weight excluding hydrogens is 423 g/mol. The lowest BCUT2D eigenvalue weighted by atomic mass is 9.92. The summed E-state index contributed by atoms with van der Waals surface area (Å²) in [5, 5.41) is 13.1. The zero-order valence-corrected chi connectivity index (χ0v) is 21.7. The standard InChI is InChI=1S/C12H14NOP.C10H19NO2.C2H6.H4N2/c1-4-11-6-5-10(8-13-9-14)7-12(11)15(2)3;1-10(2,3)6-9(13)11-5-4-8(12)7-11;2*1-2/h1,5-7,9H,8H2,2-3H3,(H,13,14);8,12H,4-7H2,1-3H3;1-2H3;1-2H2. The third-order valence-corrected chi connectivity index (χ3v) is 5.62. The number of nitrogens with zero attached hydrogens (tertiary/aromatic N) is 1. The minimum absolute atomic E-state index is 0.0463. The topological polar surface area (TPSA) is 122 Å². The number of nitrogens with one attached hydrogen (secondary N) is 1. The Morgan fingerprint density at radius 1 is 1.34 bits per heavy atom. The molecule has 1 aromatic carbocycles. The summed E-state index contributed by atoms with van der Waals surface area (Å²) in [7, 11) is -0.212. The molecule has 8 heteroatoms. The Morgan fingerprint density at radius 3 is 2.34 bits per heavy atom. The first-order valence-corrected chi connectivity index (χ1v) is 13.0. The number of hydrogen-bond donors (Lipinski definition) is 4. The molecule has 1 aliphatic rings. The lowest BCUT2D eigenvalue weighted by molar-refractivity contribution is -0.132. The van der Waals surface area contributed by atoms with Crippen LogP contribution in [0.2, 0.25) is 0 Å². The zero-order chi connectivity index (χ0) is 25.3. The predicted molar refractivity (Wildman–Crippen MR) is 137 cm³/mol. The van der Waals surface area contributed by atoms with Crippen molar-refractivity contribution in [3.8, 4) is 12.3 Å². The van der Waals surface area contributed by atoms with Crippen LogP contribution in [0.15, 0.2) is 18.2 Å². The summed E-state index contributed by atoms with van der Waals surface area (Å²) < 4.78 is 0. The van der Waals surface area contributed by atoms with Gasteiger partial charge >= 0.3 is 0 Å². The van der Waals surface area contributed by atoms with Crippen molar-refractivity contribution >= 4 is 25.5 Å². The van der Waals surface area contributed by atoms with Crippen LogP contribution in [0, 0.1) is 17.8 Å². The molecule has 1 fully saturated rings. The van der Waals surface area contributed by atoms with Gasteiger partial charge in [-0.25, -0.2) is 0 Å². The molecule has 0 aliphatic carbocycles. The van der Waals surface area contributed by atoms with Crippen LogP contribution in [-0.2, 0) is 16.1 Å². The Hall–Kier alpha value is -1.97. The van der Waals surface area contributed by atoms with Crippen molar-refractivity contribution in [1.29, 1.82) is 0 Å². The summed E-state index contributed by atoms with van der Waals surface area (Å²) in [6.45, 7) is 16.3. The molecule has 1 atom stereocenters. The lowest BCUT2D eigenvalue weighted by Crippen LogP contribution is -2.32. The first kappa shape index (κ1) is 32.2. The molecule has 0 radical (unpaired) electrons. The number of rotatable bonds is 5. The van der Waals surface area contributed by atoms with Gasteiger partial charge in [0.2, 0.25) is 12.3 Å². The monoisotopic (exact) mass is 466 g/mol. The molecule has 2 amide bonds. The van der Waals surface area contributed by atoms with E-state index < -0.39 is 0 Å². The van der Waals surface area contributed by atoms with Gasteiger partial charge in [0.15, 0.2) is 0 Å². The third kappa shape index (κ3) is 13.4. The van der Waals surface area contributed by atoms with Gasteiger partial charge in [0, 0.05) is 31.6 Å². The molecule has 1 unspecified atom stereocenters. The third-order valence-electron chi connectivity index (χ3n) is 4.29. The van der Waals surface area contributed by atoms with Gasteiger partial charge in [-0.1, -0.05) is 54.5 Å². The van der Waals surface area contributed by atoms with Crippen LogP contribution in [0.25, 0.3) is 0 Å². The van der Waals surface area contributed by atoms with E-state index in [4.69, 9.17) is 6.42 Å². The van der Waals surface area contributed by atoms with E-state index >= 15 is 0 Å². The SMILES string of the molecule is C#Cc1ccc(CNC=O)cc1P(C)C.CC.CC(C)(C)CC(=O)N1CCC(O)C1.NN. The van der Waals surface area contributed by atoms with Crippen LogP contribution in [0.1, 0.15) is 58.6 Å². The molecule has 1 saturated heterocycles. The number of hydrazine groups is 1. The molecule has 6 N–H and O–H groups in total. The van der Waals surface area contributed by atoms with Gasteiger partial charge in [-0.2, -0.15) is 0 Å². The van der Waals surface area contributed by atoms with Gasteiger partial charge in [-0.15, -0.1) is 6.42 Å². The van der Waals surface area contributed by atoms with Crippen molar-refractivity contribution in [3.05, 3.63) is 29.3 Å². The first-order chi connectivity index (χ1) is 15.1. The zero-order valence-electron chi connectivity index (χ0n) is 20.8. The van der Waals surface area contributed by atoms with Crippen LogP contribution in [-0.4, -0.2) is 54.8 Å². The number of carbonyl (C=O) groups excluding carboxylic acids is 2. The van der Waals surface area contributed by atoms with Gasteiger partial charge in [0.05, 0.1) is 6.10 Å². The fourth-order valence-electron chi connectivity index (χ4n) is 2.87. The van der Waals surface area contributed by atoms with Gasteiger partial charge in [0.25, 0.3) is 0 Å². The number of benzene rings is 1. The molecule has 1 aliphatic heterocycles. The van der Waals surface area contributed by atoms with Crippen molar-refractivity contribution in [1.82, 2.24) is 10.2 Å². The Kier molecular flexibility index (Phi) is 17.7. The second kappa shape index (κ2) is 17.6. The van der Waals surface area contributed by atoms with E-state index in [2.05, 4.69) is 63.1 Å². The second-order valence-electron chi connectivity index (χ2n) is 8.41. The Morgan fingerprint density at radius 2 is 1.94 bits per heavy atom. The molecule has 0 spiro atoms. The van der Waals surface area contributed by atoms with E-state index in [9.17, 15) is 14.7 Å². The van der Waals surface area contributed by atoms with E-state index in [0.717, 1.165) is 24.1 Å². The molecule has 2 rings (SSSR count). The number of carbonyl (C=O) groups is 2. The van der Waals surface area contributed by atoms with Crippen molar-refractivity contribution in [2.24, 2.45) is 17.1 Å². The van der Waals surface area contributed by atoms with Crippen LogP contribution in [0.4, 0.5) is 0 Å². The highest BCUT2D eigenvalue weighted by molar-refractivity contribution is 7.64. The Labute approximate surface area is 196 Å². The van der Waals surface area contributed by atoms with Crippen molar-refractivity contribution in [3.63, 3.8) is 0 Å². The predicted octanol–water partition coefficient (Wildman–Crippen LogP) is 2.14. The van der Waals surface area contributed by atoms with Crippen molar-refractivity contribution < 1.29 is 14.7 Å². The summed E-state index contributed by atoms with van der Waals surface area (Å²) in [6.07, 6.45) is 7.13. The van der Waals surface area contributed by atoms with Crippen LogP contribution >= 0.6 is 7.92 Å². The molecule has 0 saturated carbocycles. The summed E-state index contributed by atoms with van der Waals surface area (Å²) in [5.74, 6) is 10.9. The highest BCUT2D eigenvalue weighted by Crippen LogP contribution is 2.26. The molecule has 0 bridgehead atoms. The quantitative estimate of drug-likeness (QED) is 0.174. The smallest absolute Gasteiger partial charge is 0.223 e. The molecule has 0 aromatic heterocycles. The lowest BCUT2D eigenvalue weighted by Gasteiger charge is -2.22. The average Bonchev–Trinajstić information content (AvgIpc) is 3.20. The number of likely N-dealkylation sites (tertiary alicyclic amines) is 1. The van der Waals surface area contributed by atoms with E-state index in [1.807, 2.05) is 26.0 Å². The minimum atomic E-state index is -0.302. The maximum absolute atomic E-state index is 11.6. The van der Waals surface area contributed by atoms with Crippen molar-refractivity contribution in [2.45, 2.75) is 60.1 Å². The molecule has 7 nitrogen and oxygen atoms in total. The molecule has 32 heavy (non-hydrogen) atoms. The van der Waals surface area contributed by atoms with E-state index in [1.54, 1.807) is 4.90 Å². The van der Waals surface area contributed by atoms with Crippen LogP contribution in [0.3, 0.4) is 0 Å². The molecule has 1 aromatic rings. The Bertz CT molecular complexity index is 712. The van der Waals surface area contributed by atoms with Crippen LogP contribution in [0.5, 0.6) is 0 Å². The highest BCUT2D eigenvalue weighted by atomic mass is 31.1. The summed E-state index contributed by atoms with van der Waals surface area (Å²) in [6, 6.07) is 5.98. The maximum Gasteiger partial charge on any atom is 0.223 e. The fourth-order valence-corrected chi connectivity index (χ4v) is 3.92. The highest BCUT2D eigenvalue weighted by Gasteiger charge is 2.27. The summed E-state index contributed by atoms with van der Waals surface area (Å²) >= 11 is 0. The van der Waals surface area contributed by atoms with Gasteiger partial charge in [-0.3, -0.25) is 21.3 Å². The largest absolute Gasteiger partial charge is 0.391 e. The number of aliphatic hydroxyl groups excluding tert-OH is 1. The maximum atomic E-state index is 11.6. The number of terminal acetylenes is 1. The van der Waals surface area contributed by atoms with Crippen molar-refractivity contribution in [2.75, 3.05) is 26.4 Å². The Balaban J connectivity index is 0.